The molecule has 0 aliphatic carbocycles. The fourth-order valence-electron chi connectivity index (χ4n) is 3.17. The van der Waals surface area contributed by atoms with E-state index in [0.29, 0.717) is 24.9 Å². The topological polar surface area (TPSA) is 85.6 Å². The molecule has 1 aromatic carbocycles. The molecular weight excluding hydrogens is 298 g/mol. The van der Waals surface area contributed by atoms with Gasteiger partial charge in [0.25, 0.3) is 5.69 Å². The highest BCUT2D eigenvalue weighted by atomic mass is 16.6. The SMILES string of the molecule is COC(=O)C1(C)CCN(c2ccc([N+](=O)[O-])c3cnccc23)C1. The summed E-state index contributed by atoms with van der Waals surface area (Å²) in [5.74, 6) is -0.229. The van der Waals surface area contributed by atoms with Crippen LogP contribution in [-0.4, -0.2) is 36.1 Å². The molecule has 0 bridgehead atoms. The predicted octanol–water partition coefficient (Wildman–Crippen LogP) is 2.53. The summed E-state index contributed by atoms with van der Waals surface area (Å²) in [7, 11) is 1.39. The molecule has 0 spiro atoms. The molecule has 1 saturated heterocycles. The number of hydrogen-bond donors (Lipinski definition) is 0. The first kappa shape index (κ1) is 15.2. The summed E-state index contributed by atoms with van der Waals surface area (Å²) in [4.78, 5) is 28.8. The number of nitro benzene ring substituents is 1. The molecule has 23 heavy (non-hydrogen) atoms. The van der Waals surface area contributed by atoms with E-state index < -0.39 is 10.3 Å². The summed E-state index contributed by atoms with van der Waals surface area (Å²) >= 11 is 0. The van der Waals surface area contributed by atoms with Gasteiger partial charge in [-0.25, -0.2) is 0 Å². The molecule has 1 atom stereocenters. The van der Waals surface area contributed by atoms with Crippen LogP contribution in [0.15, 0.2) is 30.6 Å². The van der Waals surface area contributed by atoms with Crippen molar-refractivity contribution in [1.29, 1.82) is 0 Å². The average molecular weight is 315 g/mol. The van der Waals surface area contributed by atoms with E-state index in [4.69, 9.17) is 4.74 Å². The molecule has 7 nitrogen and oxygen atoms in total. The van der Waals surface area contributed by atoms with Crippen LogP contribution in [0, 0.1) is 15.5 Å². The molecule has 0 N–H and O–H groups in total. The summed E-state index contributed by atoms with van der Waals surface area (Å²) in [6.45, 7) is 3.10. The lowest BCUT2D eigenvalue weighted by atomic mass is 9.90. The smallest absolute Gasteiger partial charge is 0.313 e. The van der Waals surface area contributed by atoms with Gasteiger partial charge in [0.05, 0.1) is 22.8 Å². The molecule has 1 aromatic heterocycles. The molecule has 7 heteroatoms. The number of carbonyl (C=O) groups excluding carboxylic acids is 1. The monoisotopic (exact) mass is 315 g/mol. The Labute approximate surface area is 133 Å². The van der Waals surface area contributed by atoms with E-state index in [0.717, 1.165) is 11.1 Å². The molecule has 1 aliphatic rings. The van der Waals surface area contributed by atoms with Gasteiger partial charge in [0, 0.05) is 42.6 Å². The van der Waals surface area contributed by atoms with Gasteiger partial charge >= 0.3 is 5.97 Å². The third kappa shape index (κ3) is 2.48. The van der Waals surface area contributed by atoms with E-state index in [-0.39, 0.29) is 11.7 Å². The molecule has 2 heterocycles. The molecule has 120 valence electrons. The zero-order valence-electron chi connectivity index (χ0n) is 13.0. The van der Waals surface area contributed by atoms with Crippen molar-refractivity contribution in [3.8, 4) is 0 Å². The summed E-state index contributed by atoms with van der Waals surface area (Å²) in [5, 5.41) is 12.5. The van der Waals surface area contributed by atoms with Crippen molar-refractivity contribution in [2.24, 2.45) is 5.41 Å². The van der Waals surface area contributed by atoms with E-state index in [1.54, 1.807) is 18.3 Å². The quantitative estimate of drug-likeness (QED) is 0.491. The highest BCUT2D eigenvalue weighted by Gasteiger charge is 2.41. The van der Waals surface area contributed by atoms with Gasteiger partial charge in [-0.15, -0.1) is 0 Å². The van der Waals surface area contributed by atoms with Crippen molar-refractivity contribution >= 4 is 28.1 Å². The van der Waals surface area contributed by atoms with Gasteiger partial charge in [-0.3, -0.25) is 19.9 Å². The number of nitrogens with zero attached hydrogens (tertiary/aromatic N) is 3. The molecular formula is C16H17N3O4. The van der Waals surface area contributed by atoms with Gasteiger partial charge in [0.15, 0.2) is 0 Å². The summed E-state index contributed by atoms with van der Waals surface area (Å²) < 4.78 is 4.89. The van der Waals surface area contributed by atoms with Crippen LogP contribution < -0.4 is 4.90 Å². The Balaban J connectivity index is 2.04. The number of aromatic nitrogens is 1. The summed E-state index contributed by atoms with van der Waals surface area (Å²) in [5.41, 5.74) is 0.350. The minimum Gasteiger partial charge on any atom is -0.469 e. The number of methoxy groups -OCH3 is 1. The van der Waals surface area contributed by atoms with Crippen LogP contribution in [0.5, 0.6) is 0 Å². The van der Waals surface area contributed by atoms with E-state index in [2.05, 4.69) is 9.88 Å². The number of nitro groups is 1. The van der Waals surface area contributed by atoms with Crippen molar-refractivity contribution in [1.82, 2.24) is 4.98 Å². The lowest BCUT2D eigenvalue weighted by molar-refractivity contribution is -0.383. The van der Waals surface area contributed by atoms with E-state index in [1.807, 2.05) is 6.92 Å². The van der Waals surface area contributed by atoms with Crippen molar-refractivity contribution < 1.29 is 14.5 Å². The summed E-state index contributed by atoms with van der Waals surface area (Å²) in [6.07, 6.45) is 3.81. The van der Waals surface area contributed by atoms with Crippen LogP contribution in [-0.2, 0) is 9.53 Å². The Kier molecular flexibility index (Phi) is 3.63. The number of esters is 1. The normalized spacial score (nSPS) is 20.7. The van der Waals surface area contributed by atoms with Gasteiger partial charge in [-0.2, -0.15) is 0 Å². The minimum atomic E-state index is -0.560. The lowest BCUT2D eigenvalue weighted by Crippen LogP contribution is -2.33. The first-order valence-corrected chi connectivity index (χ1v) is 7.31. The highest BCUT2D eigenvalue weighted by Crippen LogP contribution is 2.39. The summed E-state index contributed by atoms with van der Waals surface area (Å²) in [6, 6.07) is 5.00. The molecule has 2 aromatic rings. The maximum atomic E-state index is 12.0. The minimum absolute atomic E-state index is 0.0341. The second kappa shape index (κ2) is 5.49. The second-order valence-electron chi connectivity index (χ2n) is 6.01. The molecule has 3 rings (SSSR count). The van der Waals surface area contributed by atoms with E-state index in [1.165, 1.54) is 19.4 Å². The number of carbonyl (C=O) groups is 1. The number of ether oxygens (including phenoxy) is 1. The largest absolute Gasteiger partial charge is 0.469 e. The van der Waals surface area contributed by atoms with Crippen LogP contribution in [0.1, 0.15) is 13.3 Å². The van der Waals surface area contributed by atoms with Crippen molar-refractivity contribution in [2.75, 3.05) is 25.1 Å². The molecule has 0 radical (unpaired) electrons. The van der Waals surface area contributed by atoms with Crippen LogP contribution in [0.25, 0.3) is 10.8 Å². The van der Waals surface area contributed by atoms with Gasteiger partial charge in [-0.05, 0) is 25.5 Å². The molecule has 1 fully saturated rings. The average Bonchev–Trinajstić information content (AvgIpc) is 2.96. The fraction of sp³-hybridized carbons (Fsp3) is 0.375. The zero-order chi connectivity index (χ0) is 16.6. The van der Waals surface area contributed by atoms with Gasteiger partial charge in [0.1, 0.15) is 0 Å². The Hall–Kier alpha value is -2.70. The lowest BCUT2D eigenvalue weighted by Gasteiger charge is -2.24. The Morgan fingerprint density at radius 3 is 2.87 bits per heavy atom. The molecule has 1 aliphatic heterocycles. The maximum Gasteiger partial charge on any atom is 0.313 e. The van der Waals surface area contributed by atoms with Crippen LogP contribution in [0.2, 0.25) is 0 Å². The molecule has 1 unspecified atom stereocenters. The molecule has 0 saturated carbocycles. The number of non-ortho nitro benzene ring substituents is 1. The maximum absolute atomic E-state index is 12.0. The van der Waals surface area contributed by atoms with Crippen molar-refractivity contribution in [2.45, 2.75) is 13.3 Å². The molecule has 0 amide bonds. The number of pyridine rings is 1. The first-order valence-electron chi connectivity index (χ1n) is 7.31. The Morgan fingerprint density at radius 1 is 1.39 bits per heavy atom. The Bertz CT molecular complexity index is 792. The zero-order valence-corrected chi connectivity index (χ0v) is 13.0. The van der Waals surface area contributed by atoms with Crippen LogP contribution in [0.4, 0.5) is 11.4 Å². The highest BCUT2D eigenvalue weighted by molar-refractivity contribution is 5.99. The van der Waals surface area contributed by atoms with E-state index >= 15 is 0 Å². The third-order valence-corrected chi connectivity index (χ3v) is 4.46. The standard InChI is InChI=1S/C16H17N3O4/c1-16(15(20)23-2)6-8-18(10-16)13-3-4-14(19(21)22)12-9-17-7-5-11(12)13/h3-5,7,9H,6,8,10H2,1-2H3. The number of anilines is 1. The fourth-order valence-corrected chi connectivity index (χ4v) is 3.17. The first-order chi connectivity index (χ1) is 11.0. The number of fused-ring (bicyclic) bond motifs is 1. The Morgan fingerprint density at radius 2 is 2.17 bits per heavy atom. The van der Waals surface area contributed by atoms with Gasteiger partial charge in [-0.1, -0.05) is 0 Å². The van der Waals surface area contributed by atoms with Crippen LogP contribution >= 0.6 is 0 Å². The number of benzene rings is 1. The number of hydrogen-bond acceptors (Lipinski definition) is 6. The van der Waals surface area contributed by atoms with E-state index in [9.17, 15) is 14.9 Å². The van der Waals surface area contributed by atoms with Crippen molar-refractivity contribution in [3.63, 3.8) is 0 Å². The number of rotatable bonds is 3. The van der Waals surface area contributed by atoms with Crippen LogP contribution in [0.3, 0.4) is 0 Å². The third-order valence-electron chi connectivity index (χ3n) is 4.46. The second-order valence-corrected chi connectivity index (χ2v) is 6.01. The predicted molar refractivity (Wildman–Crippen MR) is 85.4 cm³/mol. The van der Waals surface area contributed by atoms with Crippen molar-refractivity contribution in [3.05, 3.63) is 40.7 Å². The van der Waals surface area contributed by atoms with Gasteiger partial charge in [0.2, 0.25) is 0 Å². The van der Waals surface area contributed by atoms with Gasteiger partial charge < -0.3 is 9.64 Å².